The molecule has 3 heterocycles. The number of rotatable bonds is 14. The summed E-state index contributed by atoms with van der Waals surface area (Å²) < 4.78 is 78.4. The van der Waals surface area contributed by atoms with E-state index in [1.54, 1.807) is 51.1 Å². The third kappa shape index (κ3) is 8.38. The van der Waals surface area contributed by atoms with Crippen LogP contribution < -0.4 is 28.2 Å². The van der Waals surface area contributed by atoms with Gasteiger partial charge in [-0.25, -0.2) is 31.9 Å². The van der Waals surface area contributed by atoms with Gasteiger partial charge in [0.15, 0.2) is 28.3 Å². The van der Waals surface area contributed by atoms with Gasteiger partial charge in [-0.15, -0.1) is 0 Å². The smallest absolute Gasteiger partial charge is 0.420 e. The van der Waals surface area contributed by atoms with Gasteiger partial charge in [-0.2, -0.15) is 5.10 Å². The average molecular weight is 848 g/mol. The maximum atomic E-state index is 15.1. The van der Waals surface area contributed by atoms with Crippen molar-refractivity contribution in [3.8, 4) is 23.0 Å². The van der Waals surface area contributed by atoms with Crippen molar-refractivity contribution < 1.29 is 55.7 Å². The number of fused-ring (bicyclic) bond motifs is 1. The number of hydrogen-bond acceptors (Lipinski definition) is 14. The standard InChI is InChI=1S/C42H49N5O12S/c1-42(2,3)58-41(49)46(36-23-30(26-14-15-26)47(43-36)37-11-9-10-18-57-37)31-22-32-29(21-33(31)53-5)39(44-59-32)45(24-25-12-16-28(52-4)17-13-25)60(50,51)38-34(54-6)19-27(40(48)56-8)20-35(38)55-7/h12-13,16-17,19-23,26,37H,9-11,14-15,18,24H2,1-8H3. The second-order valence-corrected chi connectivity index (χ2v) is 17.2. The molecule has 0 N–H and O–H groups in total. The molecule has 18 heteroatoms. The zero-order valence-electron chi connectivity index (χ0n) is 34.8. The quantitative estimate of drug-likeness (QED) is 0.0983. The van der Waals surface area contributed by atoms with Crippen LogP contribution in [0.25, 0.3) is 11.0 Å². The normalized spacial score (nSPS) is 15.6. The summed E-state index contributed by atoms with van der Waals surface area (Å²) in [5, 5.41) is 9.50. The van der Waals surface area contributed by atoms with E-state index in [-0.39, 0.29) is 74.7 Å². The molecular weight excluding hydrogens is 799 g/mol. The van der Waals surface area contributed by atoms with Gasteiger partial charge < -0.3 is 37.7 Å². The van der Waals surface area contributed by atoms with Gasteiger partial charge in [-0.05, 0) is 88.8 Å². The molecule has 1 saturated heterocycles. The molecule has 3 aromatic carbocycles. The van der Waals surface area contributed by atoms with Crippen molar-refractivity contribution in [2.45, 2.75) is 82.1 Å². The van der Waals surface area contributed by atoms with E-state index in [1.807, 2.05) is 10.7 Å². The van der Waals surface area contributed by atoms with Crippen molar-refractivity contribution in [1.82, 2.24) is 14.9 Å². The van der Waals surface area contributed by atoms with E-state index in [4.69, 9.17) is 42.8 Å². The van der Waals surface area contributed by atoms with Crippen LogP contribution in [-0.4, -0.2) is 83.2 Å². The van der Waals surface area contributed by atoms with Crippen molar-refractivity contribution in [3.05, 3.63) is 71.4 Å². The molecule has 0 spiro atoms. The van der Waals surface area contributed by atoms with E-state index < -0.39 is 27.7 Å². The Hall–Kier alpha value is -6.01. The molecule has 7 rings (SSSR count). The summed E-state index contributed by atoms with van der Waals surface area (Å²) in [5.74, 6) is 0.0712. The number of hydrogen-bond donors (Lipinski definition) is 0. The second-order valence-electron chi connectivity index (χ2n) is 15.4. The van der Waals surface area contributed by atoms with Gasteiger partial charge in [0.2, 0.25) is 0 Å². The molecule has 2 aromatic heterocycles. The lowest BCUT2D eigenvalue weighted by molar-refractivity contribution is -0.0410. The number of esters is 1. The number of methoxy groups -OCH3 is 5. The molecule has 1 aliphatic heterocycles. The Kier molecular flexibility index (Phi) is 11.9. The second kappa shape index (κ2) is 16.9. The summed E-state index contributed by atoms with van der Waals surface area (Å²) >= 11 is 0. The highest BCUT2D eigenvalue weighted by Crippen LogP contribution is 2.47. The van der Waals surface area contributed by atoms with E-state index in [0.717, 1.165) is 42.1 Å². The van der Waals surface area contributed by atoms with Gasteiger partial charge in [0.25, 0.3) is 10.0 Å². The lowest BCUT2D eigenvalue weighted by Crippen LogP contribution is -2.34. The third-order valence-corrected chi connectivity index (χ3v) is 11.9. The highest BCUT2D eigenvalue weighted by atomic mass is 32.2. The number of ether oxygens (including phenoxy) is 7. The molecule has 2 fully saturated rings. The van der Waals surface area contributed by atoms with Crippen LogP contribution >= 0.6 is 0 Å². The lowest BCUT2D eigenvalue weighted by atomic mass is 10.1. The highest BCUT2D eigenvalue weighted by molar-refractivity contribution is 7.93. The summed E-state index contributed by atoms with van der Waals surface area (Å²) in [6, 6.07) is 14.3. The minimum Gasteiger partial charge on any atom is -0.497 e. The van der Waals surface area contributed by atoms with Crippen molar-refractivity contribution >= 4 is 50.4 Å². The van der Waals surface area contributed by atoms with Gasteiger partial charge >= 0.3 is 12.1 Å². The zero-order chi connectivity index (χ0) is 42.9. The summed E-state index contributed by atoms with van der Waals surface area (Å²) in [7, 11) is 2.03. The van der Waals surface area contributed by atoms with Crippen molar-refractivity contribution in [2.24, 2.45) is 0 Å². The molecule has 1 unspecified atom stereocenters. The Labute approximate surface area is 348 Å². The first-order chi connectivity index (χ1) is 28.7. The average Bonchev–Trinajstić information content (AvgIpc) is 3.87. The fourth-order valence-electron chi connectivity index (χ4n) is 7.07. The highest BCUT2D eigenvalue weighted by Gasteiger charge is 2.39. The number of carbonyl (C=O) groups is 2. The van der Waals surface area contributed by atoms with Gasteiger partial charge in [-0.3, -0.25) is 0 Å². The molecule has 0 bridgehead atoms. The first kappa shape index (κ1) is 42.1. The Morgan fingerprint density at radius 1 is 0.867 bits per heavy atom. The molecule has 17 nitrogen and oxygen atoms in total. The predicted octanol–water partition coefficient (Wildman–Crippen LogP) is 7.89. The Balaban J connectivity index is 1.40. The number of carbonyl (C=O) groups excluding carboxylic acids is 2. The number of benzene rings is 3. The molecule has 0 radical (unpaired) electrons. The van der Waals surface area contributed by atoms with Crippen molar-refractivity contribution in [2.75, 3.05) is 51.4 Å². The van der Waals surface area contributed by atoms with Crippen molar-refractivity contribution in [1.29, 1.82) is 0 Å². The molecular formula is C42H49N5O12S. The van der Waals surface area contributed by atoms with Gasteiger partial charge in [0.1, 0.15) is 28.6 Å². The van der Waals surface area contributed by atoms with Gasteiger partial charge in [0, 0.05) is 30.4 Å². The Morgan fingerprint density at radius 2 is 1.55 bits per heavy atom. The summed E-state index contributed by atoms with van der Waals surface area (Å²) in [6.07, 6.45) is 3.71. The van der Waals surface area contributed by atoms with E-state index in [2.05, 4.69) is 5.16 Å². The van der Waals surface area contributed by atoms with Crippen LogP contribution in [0.5, 0.6) is 23.0 Å². The summed E-state index contributed by atoms with van der Waals surface area (Å²) in [4.78, 5) is 27.8. The Morgan fingerprint density at radius 3 is 2.12 bits per heavy atom. The fraction of sp³-hybridized carbons (Fsp3) is 0.429. The number of nitrogens with zero attached hydrogens (tertiary/aromatic N) is 5. The maximum absolute atomic E-state index is 15.1. The largest absolute Gasteiger partial charge is 0.497 e. The third-order valence-electron chi connectivity index (χ3n) is 10.1. The molecule has 1 atom stereocenters. The van der Waals surface area contributed by atoms with Crippen LogP contribution in [0.3, 0.4) is 0 Å². The summed E-state index contributed by atoms with van der Waals surface area (Å²) in [6.45, 7) is 5.66. The SMILES string of the molecule is COC(=O)c1cc(OC)c(S(=O)(=O)N(Cc2ccc(OC)cc2)c2noc3cc(N(C(=O)OC(C)(C)C)c4cc(C5CC5)n(C5CCCCO5)n4)c(OC)cc23)c(OC)c1. The van der Waals surface area contributed by atoms with Crippen LogP contribution in [0.4, 0.5) is 22.1 Å². The predicted molar refractivity (Wildman–Crippen MR) is 219 cm³/mol. The van der Waals surface area contributed by atoms with Crippen LogP contribution in [0.15, 0.2) is 64.0 Å². The lowest BCUT2D eigenvalue weighted by Gasteiger charge is -2.27. The minimum atomic E-state index is -4.67. The molecule has 1 aliphatic carbocycles. The molecule has 1 saturated carbocycles. The minimum absolute atomic E-state index is 0.00546. The number of anilines is 3. The number of sulfonamides is 1. The van der Waals surface area contributed by atoms with E-state index >= 15 is 8.42 Å². The molecule has 2 aliphatic rings. The first-order valence-electron chi connectivity index (χ1n) is 19.4. The maximum Gasteiger partial charge on any atom is 0.420 e. The zero-order valence-corrected chi connectivity index (χ0v) is 35.7. The van der Waals surface area contributed by atoms with Crippen LogP contribution in [0.2, 0.25) is 0 Å². The van der Waals surface area contributed by atoms with E-state index in [1.165, 1.54) is 58.6 Å². The molecule has 5 aromatic rings. The summed E-state index contributed by atoms with van der Waals surface area (Å²) in [5.41, 5.74) is 0.964. The fourth-order valence-corrected chi connectivity index (χ4v) is 8.76. The van der Waals surface area contributed by atoms with Gasteiger partial charge in [0.05, 0.1) is 58.7 Å². The number of amides is 1. The van der Waals surface area contributed by atoms with E-state index in [9.17, 15) is 9.59 Å². The molecule has 320 valence electrons. The topological polar surface area (TPSA) is 183 Å². The van der Waals surface area contributed by atoms with Crippen LogP contribution in [-0.2, 0) is 30.8 Å². The van der Waals surface area contributed by atoms with Crippen LogP contribution in [0, 0.1) is 0 Å². The van der Waals surface area contributed by atoms with E-state index in [0.29, 0.717) is 17.9 Å². The van der Waals surface area contributed by atoms with Crippen molar-refractivity contribution in [3.63, 3.8) is 0 Å². The number of aromatic nitrogens is 3. The van der Waals surface area contributed by atoms with Crippen LogP contribution in [0.1, 0.15) is 86.6 Å². The first-order valence-corrected chi connectivity index (χ1v) is 20.9. The Bertz CT molecular complexity index is 2460. The van der Waals surface area contributed by atoms with Gasteiger partial charge in [-0.1, -0.05) is 17.3 Å². The molecule has 60 heavy (non-hydrogen) atoms. The monoisotopic (exact) mass is 847 g/mol. The molecule has 1 amide bonds.